The molecule has 9 heteroatoms. The highest BCUT2D eigenvalue weighted by atomic mass is 32.2. The summed E-state index contributed by atoms with van der Waals surface area (Å²) in [6, 6.07) is 13.7. The van der Waals surface area contributed by atoms with Crippen molar-refractivity contribution in [1.29, 1.82) is 0 Å². The number of hydrogen-bond acceptors (Lipinski definition) is 8. The lowest BCUT2D eigenvalue weighted by molar-refractivity contribution is -0.384. The number of allylic oxidation sites excluding steroid dienone is 2. The van der Waals surface area contributed by atoms with Gasteiger partial charge in [0.2, 0.25) is 0 Å². The molecule has 0 bridgehead atoms. The molecule has 0 radical (unpaired) electrons. The highest BCUT2D eigenvalue weighted by molar-refractivity contribution is 7.99. The van der Waals surface area contributed by atoms with E-state index >= 15 is 0 Å². The smallest absolute Gasteiger partial charge is 0.315 e. The summed E-state index contributed by atoms with van der Waals surface area (Å²) in [5.74, 6) is -0.0955. The van der Waals surface area contributed by atoms with Gasteiger partial charge in [0.25, 0.3) is 5.69 Å². The molecule has 0 spiro atoms. The highest BCUT2D eigenvalue weighted by Gasteiger charge is 2.46. The van der Waals surface area contributed by atoms with Crippen LogP contribution in [0.3, 0.4) is 0 Å². The van der Waals surface area contributed by atoms with Crippen molar-refractivity contribution in [3.63, 3.8) is 0 Å². The van der Waals surface area contributed by atoms with Gasteiger partial charge in [0, 0.05) is 53.1 Å². The molecule has 1 aliphatic carbocycles. The average molecular weight is 523 g/mol. The topological polar surface area (TPSA) is 108 Å². The standard InChI is InChI=1S/C28H30N2O6S/c1-4-37-13-12-36-28(32)25-17(2)29-22-15-19(21-10-5-6-11-24(21)35-3)16-23(31)27(22)26(25)18-8-7-9-20(14-18)30(33)34/h5-11,14,19,25-26,29H,2,4,12-13,15-16H2,1,3H3. The summed E-state index contributed by atoms with van der Waals surface area (Å²) in [5.41, 5.74) is 2.89. The SMILES string of the molecule is C=C1NC2=C(C(=O)CC(c3ccccc3OC)C2)C(c2cccc([N+](=O)[O-])c2)C1C(=O)OCCSCC. The van der Waals surface area contributed by atoms with Gasteiger partial charge in [-0.05, 0) is 29.4 Å². The van der Waals surface area contributed by atoms with Crippen molar-refractivity contribution in [2.45, 2.75) is 31.6 Å². The lowest BCUT2D eigenvalue weighted by atomic mass is 9.69. The number of ether oxygens (including phenoxy) is 2. The number of para-hydroxylation sites is 1. The predicted octanol–water partition coefficient (Wildman–Crippen LogP) is 5.12. The molecule has 8 nitrogen and oxygen atoms in total. The van der Waals surface area contributed by atoms with E-state index in [1.54, 1.807) is 31.0 Å². The van der Waals surface area contributed by atoms with Crippen molar-refractivity contribution in [3.8, 4) is 5.75 Å². The summed E-state index contributed by atoms with van der Waals surface area (Å²) in [7, 11) is 1.60. The van der Waals surface area contributed by atoms with Gasteiger partial charge >= 0.3 is 5.97 Å². The molecule has 1 N–H and O–H groups in total. The van der Waals surface area contributed by atoms with Crippen molar-refractivity contribution in [2.24, 2.45) is 5.92 Å². The Morgan fingerprint density at radius 3 is 2.73 bits per heavy atom. The van der Waals surface area contributed by atoms with Gasteiger partial charge in [-0.15, -0.1) is 0 Å². The number of nitro groups is 1. The Balaban J connectivity index is 1.76. The molecule has 3 atom stereocenters. The van der Waals surface area contributed by atoms with Crippen molar-refractivity contribution in [3.05, 3.63) is 93.3 Å². The van der Waals surface area contributed by atoms with E-state index in [4.69, 9.17) is 9.47 Å². The zero-order valence-corrected chi connectivity index (χ0v) is 21.7. The van der Waals surface area contributed by atoms with Crippen LogP contribution in [-0.2, 0) is 14.3 Å². The molecule has 2 aliphatic rings. The van der Waals surface area contributed by atoms with Gasteiger partial charge in [0.15, 0.2) is 5.78 Å². The van der Waals surface area contributed by atoms with Gasteiger partial charge in [0.05, 0.1) is 12.0 Å². The van der Waals surface area contributed by atoms with Gasteiger partial charge in [-0.1, -0.05) is 43.8 Å². The van der Waals surface area contributed by atoms with Gasteiger partial charge in [0.1, 0.15) is 18.3 Å². The number of hydrogen-bond donors (Lipinski definition) is 1. The Bertz CT molecular complexity index is 1260. The van der Waals surface area contributed by atoms with E-state index in [1.807, 2.05) is 31.2 Å². The van der Waals surface area contributed by atoms with Crippen molar-refractivity contribution in [1.82, 2.24) is 5.32 Å². The number of carbonyl (C=O) groups excluding carboxylic acids is 2. The normalized spacial score (nSPS) is 21.2. The first-order valence-corrected chi connectivity index (χ1v) is 13.3. The van der Waals surface area contributed by atoms with E-state index in [0.29, 0.717) is 40.5 Å². The van der Waals surface area contributed by atoms with E-state index in [0.717, 1.165) is 11.3 Å². The van der Waals surface area contributed by atoms with E-state index in [9.17, 15) is 19.7 Å². The maximum atomic E-state index is 13.7. The van der Waals surface area contributed by atoms with Crippen LogP contribution < -0.4 is 10.1 Å². The third-order valence-electron chi connectivity index (χ3n) is 6.79. The minimum atomic E-state index is -0.890. The van der Waals surface area contributed by atoms with Crippen molar-refractivity contribution in [2.75, 3.05) is 25.2 Å². The number of rotatable bonds is 9. The summed E-state index contributed by atoms with van der Waals surface area (Å²) < 4.78 is 11.1. The number of nitrogens with zero attached hydrogens (tertiary/aromatic N) is 1. The number of Topliss-reactive ketones (excluding diaryl/α,β-unsaturated/α-hetero) is 1. The maximum Gasteiger partial charge on any atom is 0.315 e. The van der Waals surface area contributed by atoms with Crippen LogP contribution in [0.4, 0.5) is 5.69 Å². The van der Waals surface area contributed by atoms with Gasteiger partial charge in [-0.3, -0.25) is 19.7 Å². The van der Waals surface area contributed by atoms with Crippen molar-refractivity contribution < 1.29 is 24.0 Å². The molecule has 0 saturated heterocycles. The van der Waals surface area contributed by atoms with Gasteiger partial charge in [-0.2, -0.15) is 11.8 Å². The number of ketones is 1. The average Bonchev–Trinajstić information content (AvgIpc) is 2.90. The Hall–Kier alpha value is -3.59. The molecule has 0 saturated carbocycles. The lowest BCUT2D eigenvalue weighted by Gasteiger charge is -2.40. The van der Waals surface area contributed by atoms with Gasteiger partial charge < -0.3 is 14.8 Å². The van der Waals surface area contributed by atoms with Crippen LogP contribution in [0.25, 0.3) is 0 Å². The molecule has 4 rings (SSSR count). The molecule has 3 unspecified atom stereocenters. The Labute approximate surface area is 220 Å². The monoisotopic (exact) mass is 522 g/mol. The first-order chi connectivity index (χ1) is 17.8. The third kappa shape index (κ3) is 5.56. The van der Waals surface area contributed by atoms with E-state index in [-0.39, 0.29) is 30.4 Å². The van der Waals surface area contributed by atoms with E-state index < -0.39 is 22.7 Å². The lowest BCUT2D eigenvalue weighted by Crippen LogP contribution is -2.42. The number of esters is 1. The van der Waals surface area contributed by atoms with Crippen molar-refractivity contribution >= 4 is 29.2 Å². The summed E-state index contributed by atoms with van der Waals surface area (Å²) in [4.78, 5) is 38.1. The molecule has 0 fully saturated rings. The number of nitrogens with one attached hydrogen (secondary N) is 1. The fourth-order valence-corrected chi connectivity index (χ4v) is 5.67. The van der Waals surface area contributed by atoms with Crippen LogP contribution in [0.5, 0.6) is 5.75 Å². The second-order valence-corrected chi connectivity index (χ2v) is 10.4. The van der Waals surface area contributed by atoms with E-state index in [1.165, 1.54) is 12.1 Å². The molecule has 1 aliphatic heterocycles. The number of benzene rings is 2. The zero-order chi connectivity index (χ0) is 26.5. The fraction of sp³-hybridized carbons (Fsp3) is 0.357. The summed E-state index contributed by atoms with van der Waals surface area (Å²) >= 11 is 1.66. The number of carbonyl (C=O) groups is 2. The van der Waals surface area contributed by atoms with Gasteiger partial charge in [-0.25, -0.2) is 0 Å². The first kappa shape index (κ1) is 26.5. The minimum Gasteiger partial charge on any atom is -0.496 e. The third-order valence-corrected chi connectivity index (χ3v) is 7.65. The predicted molar refractivity (Wildman–Crippen MR) is 143 cm³/mol. The molecular weight excluding hydrogens is 492 g/mol. The summed E-state index contributed by atoms with van der Waals surface area (Å²) in [6.07, 6.45) is 0.745. The van der Waals surface area contributed by atoms with Crippen LogP contribution in [0.1, 0.15) is 42.7 Å². The Kier molecular flexibility index (Phi) is 8.33. The minimum absolute atomic E-state index is 0.106. The van der Waals surface area contributed by atoms with E-state index in [2.05, 4.69) is 11.9 Å². The van der Waals surface area contributed by atoms with Crippen LogP contribution in [0.2, 0.25) is 0 Å². The number of thioether (sulfide) groups is 1. The second kappa shape index (κ2) is 11.6. The molecular formula is C28H30N2O6S. The summed E-state index contributed by atoms with van der Waals surface area (Å²) in [6.45, 7) is 6.38. The molecule has 194 valence electrons. The molecule has 2 aromatic rings. The maximum absolute atomic E-state index is 13.7. The Morgan fingerprint density at radius 2 is 2.00 bits per heavy atom. The highest BCUT2D eigenvalue weighted by Crippen LogP contribution is 2.48. The number of nitro benzene ring substituents is 1. The quantitative estimate of drug-likeness (QED) is 0.209. The number of methoxy groups -OCH3 is 1. The van der Waals surface area contributed by atoms with Crippen LogP contribution >= 0.6 is 11.8 Å². The van der Waals surface area contributed by atoms with Crippen LogP contribution in [0.15, 0.2) is 72.1 Å². The Morgan fingerprint density at radius 1 is 1.22 bits per heavy atom. The molecule has 0 amide bonds. The summed E-state index contributed by atoms with van der Waals surface area (Å²) in [5, 5.41) is 14.8. The largest absolute Gasteiger partial charge is 0.496 e. The molecule has 1 heterocycles. The van der Waals surface area contributed by atoms with Crippen LogP contribution in [0, 0.1) is 16.0 Å². The molecule has 2 aromatic carbocycles. The zero-order valence-electron chi connectivity index (χ0n) is 20.9. The van der Waals surface area contributed by atoms with Crippen LogP contribution in [-0.4, -0.2) is 41.9 Å². The second-order valence-electron chi connectivity index (χ2n) is 8.98. The fourth-order valence-electron chi connectivity index (χ4n) is 5.18. The molecule has 37 heavy (non-hydrogen) atoms. The number of non-ortho nitro benzene ring substituents is 1. The molecule has 0 aromatic heterocycles. The first-order valence-electron chi connectivity index (χ1n) is 12.2.